The van der Waals surface area contributed by atoms with Crippen molar-refractivity contribution in [1.29, 1.82) is 0 Å². The Kier molecular flexibility index (Phi) is 3.71. The van der Waals surface area contributed by atoms with E-state index >= 15 is 0 Å². The number of furan rings is 1. The zero-order valence-corrected chi connectivity index (χ0v) is 14.5. The van der Waals surface area contributed by atoms with Gasteiger partial charge in [-0.3, -0.25) is 9.48 Å². The molecule has 0 saturated carbocycles. The van der Waals surface area contributed by atoms with Crippen molar-refractivity contribution in [2.45, 2.75) is 32.7 Å². The lowest BCUT2D eigenvalue weighted by molar-refractivity contribution is 0.0724. The maximum Gasteiger partial charge on any atom is 0.276 e. The smallest absolute Gasteiger partial charge is 0.276 e. The third-order valence-electron chi connectivity index (χ3n) is 4.91. The van der Waals surface area contributed by atoms with E-state index in [1.807, 2.05) is 30.5 Å². The van der Waals surface area contributed by atoms with Crippen LogP contribution in [0, 0.1) is 13.8 Å². The third kappa shape index (κ3) is 2.56. The number of aryl methyl sites for hydroxylation is 2. The normalized spacial score (nSPS) is 17.4. The molecule has 1 atom stereocenters. The molecule has 0 bridgehead atoms. The Morgan fingerprint density at radius 3 is 2.84 bits per heavy atom. The molecule has 0 aromatic carbocycles. The summed E-state index contributed by atoms with van der Waals surface area (Å²) in [5.41, 5.74) is 3.51. The molecule has 7 heteroatoms. The predicted molar refractivity (Wildman–Crippen MR) is 89.9 cm³/mol. The quantitative estimate of drug-likeness (QED) is 0.731. The molecule has 0 unspecified atom stereocenters. The van der Waals surface area contributed by atoms with Crippen LogP contribution in [0.15, 0.2) is 33.4 Å². The molecule has 4 rings (SSSR count). The SMILES string of the molecule is Cc1nn(C)c(C)c1[C@H]1CCCN1C(=O)c1cc(-c2ccco2)on1. The summed E-state index contributed by atoms with van der Waals surface area (Å²) in [6.07, 6.45) is 3.46. The largest absolute Gasteiger partial charge is 0.461 e. The first-order valence-corrected chi connectivity index (χ1v) is 8.38. The fraction of sp³-hybridized carbons (Fsp3) is 0.389. The lowest BCUT2D eigenvalue weighted by atomic mass is 10.0. The summed E-state index contributed by atoms with van der Waals surface area (Å²) in [5, 5.41) is 8.44. The minimum Gasteiger partial charge on any atom is -0.461 e. The Morgan fingerprint density at radius 1 is 1.32 bits per heavy atom. The summed E-state index contributed by atoms with van der Waals surface area (Å²) in [4.78, 5) is 14.9. The molecular weight excluding hydrogens is 320 g/mol. The number of hydrogen-bond acceptors (Lipinski definition) is 5. The van der Waals surface area contributed by atoms with Crippen LogP contribution in [0.3, 0.4) is 0 Å². The van der Waals surface area contributed by atoms with Crippen LogP contribution in [0.4, 0.5) is 0 Å². The summed E-state index contributed by atoms with van der Waals surface area (Å²) in [6, 6.07) is 5.21. The molecular formula is C18H20N4O3. The average molecular weight is 340 g/mol. The first-order chi connectivity index (χ1) is 12.1. The minimum atomic E-state index is -0.119. The Hall–Kier alpha value is -2.83. The van der Waals surface area contributed by atoms with Gasteiger partial charge in [0.1, 0.15) is 0 Å². The number of amides is 1. The van der Waals surface area contributed by atoms with Gasteiger partial charge >= 0.3 is 0 Å². The highest BCUT2D eigenvalue weighted by Crippen LogP contribution is 2.36. The summed E-state index contributed by atoms with van der Waals surface area (Å²) < 4.78 is 12.4. The number of rotatable bonds is 3. The first kappa shape index (κ1) is 15.7. The van der Waals surface area contributed by atoms with Gasteiger partial charge in [-0.2, -0.15) is 5.10 Å². The van der Waals surface area contributed by atoms with Crippen LogP contribution in [-0.4, -0.2) is 32.3 Å². The van der Waals surface area contributed by atoms with E-state index < -0.39 is 0 Å². The molecule has 130 valence electrons. The zero-order chi connectivity index (χ0) is 17.6. The maximum absolute atomic E-state index is 13.0. The second-order valence-electron chi connectivity index (χ2n) is 6.42. The van der Waals surface area contributed by atoms with Crippen LogP contribution >= 0.6 is 0 Å². The van der Waals surface area contributed by atoms with E-state index in [1.54, 1.807) is 24.5 Å². The van der Waals surface area contributed by atoms with Crippen molar-refractivity contribution in [2.75, 3.05) is 6.54 Å². The van der Waals surface area contributed by atoms with Gasteiger partial charge < -0.3 is 13.8 Å². The Morgan fingerprint density at radius 2 is 2.16 bits per heavy atom. The first-order valence-electron chi connectivity index (χ1n) is 8.38. The molecule has 0 aliphatic carbocycles. The van der Waals surface area contributed by atoms with Crippen LogP contribution in [0.25, 0.3) is 11.5 Å². The standard InChI is InChI=1S/C18H20N4O3/c1-11-17(12(2)21(3)19-11)14-6-4-8-22(14)18(23)13-10-16(25-20-13)15-7-5-9-24-15/h5,7,9-10,14H,4,6,8H2,1-3H3/t14-/m1/s1. The van der Waals surface area contributed by atoms with Crippen LogP contribution in [0.1, 0.15) is 46.3 Å². The van der Waals surface area contributed by atoms with Gasteiger partial charge in [0, 0.05) is 30.9 Å². The highest BCUT2D eigenvalue weighted by molar-refractivity contribution is 5.93. The molecule has 0 spiro atoms. The number of aromatic nitrogens is 3. The number of likely N-dealkylation sites (tertiary alicyclic amines) is 1. The van der Waals surface area contributed by atoms with Crippen molar-refractivity contribution >= 4 is 5.91 Å². The second kappa shape index (κ2) is 5.91. The maximum atomic E-state index is 13.0. The summed E-state index contributed by atoms with van der Waals surface area (Å²) in [7, 11) is 1.93. The lowest BCUT2D eigenvalue weighted by Gasteiger charge is -2.24. The second-order valence-corrected chi connectivity index (χ2v) is 6.42. The Labute approximate surface area is 145 Å². The number of carbonyl (C=O) groups is 1. The number of hydrogen-bond donors (Lipinski definition) is 0. The molecule has 3 aromatic rings. The van der Waals surface area contributed by atoms with Gasteiger partial charge in [0.2, 0.25) is 5.76 Å². The Balaban J connectivity index is 1.63. The molecule has 7 nitrogen and oxygen atoms in total. The van der Waals surface area contributed by atoms with Crippen molar-refractivity contribution in [3.63, 3.8) is 0 Å². The predicted octanol–water partition coefficient (Wildman–Crippen LogP) is 3.26. The van der Waals surface area contributed by atoms with Gasteiger partial charge in [-0.1, -0.05) is 5.16 Å². The van der Waals surface area contributed by atoms with Gasteiger partial charge in [-0.15, -0.1) is 0 Å². The van der Waals surface area contributed by atoms with Crippen molar-refractivity contribution in [3.8, 4) is 11.5 Å². The van der Waals surface area contributed by atoms with E-state index in [0.29, 0.717) is 23.8 Å². The fourth-order valence-corrected chi connectivity index (χ4v) is 3.64. The molecule has 0 radical (unpaired) electrons. The minimum absolute atomic E-state index is 0.0324. The molecule has 25 heavy (non-hydrogen) atoms. The molecule has 1 aliphatic rings. The molecule has 0 N–H and O–H groups in total. The van der Waals surface area contributed by atoms with Crippen LogP contribution < -0.4 is 0 Å². The van der Waals surface area contributed by atoms with Gasteiger partial charge in [0.25, 0.3) is 5.91 Å². The van der Waals surface area contributed by atoms with Crippen molar-refractivity contribution in [1.82, 2.24) is 19.8 Å². The summed E-state index contributed by atoms with van der Waals surface area (Å²) >= 11 is 0. The molecule has 1 amide bonds. The van der Waals surface area contributed by atoms with E-state index in [9.17, 15) is 4.79 Å². The fourth-order valence-electron chi connectivity index (χ4n) is 3.64. The third-order valence-corrected chi connectivity index (χ3v) is 4.91. The number of carbonyl (C=O) groups excluding carboxylic acids is 1. The highest BCUT2D eigenvalue weighted by Gasteiger charge is 2.35. The van der Waals surface area contributed by atoms with E-state index in [0.717, 1.165) is 29.8 Å². The van der Waals surface area contributed by atoms with Gasteiger partial charge in [0.15, 0.2) is 11.5 Å². The Bertz CT molecular complexity index is 907. The van der Waals surface area contributed by atoms with Crippen LogP contribution in [-0.2, 0) is 7.05 Å². The zero-order valence-electron chi connectivity index (χ0n) is 14.5. The highest BCUT2D eigenvalue weighted by atomic mass is 16.5. The van der Waals surface area contributed by atoms with Crippen LogP contribution in [0.2, 0.25) is 0 Å². The van der Waals surface area contributed by atoms with Gasteiger partial charge in [-0.05, 0) is 38.8 Å². The van der Waals surface area contributed by atoms with E-state index in [4.69, 9.17) is 8.94 Å². The van der Waals surface area contributed by atoms with Gasteiger partial charge in [-0.25, -0.2) is 0 Å². The summed E-state index contributed by atoms with van der Waals surface area (Å²) in [6.45, 7) is 4.75. The number of nitrogens with zero attached hydrogens (tertiary/aromatic N) is 4. The van der Waals surface area contributed by atoms with Crippen molar-refractivity contribution in [2.24, 2.45) is 7.05 Å². The van der Waals surface area contributed by atoms with E-state index in [2.05, 4.69) is 10.3 Å². The average Bonchev–Trinajstić information content (AvgIpc) is 3.34. The molecule has 1 fully saturated rings. The molecule has 1 aliphatic heterocycles. The van der Waals surface area contributed by atoms with Crippen molar-refractivity contribution in [3.05, 3.63) is 47.1 Å². The monoisotopic (exact) mass is 340 g/mol. The lowest BCUT2D eigenvalue weighted by Crippen LogP contribution is -2.31. The molecule has 1 saturated heterocycles. The topological polar surface area (TPSA) is 77.3 Å². The van der Waals surface area contributed by atoms with Crippen molar-refractivity contribution < 1.29 is 13.7 Å². The molecule has 3 aromatic heterocycles. The van der Waals surface area contributed by atoms with E-state index in [1.165, 1.54) is 0 Å². The molecule has 4 heterocycles. The van der Waals surface area contributed by atoms with Gasteiger partial charge in [0.05, 0.1) is 18.0 Å². The van der Waals surface area contributed by atoms with E-state index in [-0.39, 0.29) is 11.9 Å². The van der Waals surface area contributed by atoms with Crippen LogP contribution in [0.5, 0.6) is 0 Å². The summed E-state index contributed by atoms with van der Waals surface area (Å²) in [5.74, 6) is 0.896.